The lowest BCUT2D eigenvalue weighted by Crippen LogP contribution is -2.27. The van der Waals surface area contributed by atoms with E-state index in [1.165, 1.54) is 0 Å². The summed E-state index contributed by atoms with van der Waals surface area (Å²) in [4.78, 5) is 7.81. The molecular formula is C7H14N4. The second-order valence-corrected chi connectivity index (χ2v) is 1.78. The van der Waals surface area contributed by atoms with E-state index >= 15 is 0 Å². The SMILES string of the molecule is C=C/C=N\C(=N/C)NCCN. The number of guanidine groups is 1. The summed E-state index contributed by atoms with van der Waals surface area (Å²) in [6.07, 6.45) is 3.17. The van der Waals surface area contributed by atoms with Crippen molar-refractivity contribution in [1.82, 2.24) is 5.32 Å². The average molecular weight is 154 g/mol. The Hall–Kier alpha value is -1.16. The molecule has 4 nitrogen and oxygen atoms in total. The molecule has 0 bridgehead atoms. The molecular weight excluding hydrogens is 140 g/mol. The third-order valence-electron chi connectivity index (χ3n) is 0.941. The highest BCUT2D eigenvalue weighted by atomic mass is 15.1. The Balaban J connectivity index is 3.77. The minimum Gasteiger partial charge on any atom is -0.353 e. The Morgan fingerprint density at radius 1 is 1.73 bits per heavy atom. The first kappa shape index (κ1) is 9.84. The highest BCUT2D eigenvalue weighted by Crippen LogP contribution is 1.72. The second-order valence-electron chi connectivity index (χ2n) is 1.78. The fraction of sp³-hybridized carbons (Fsp3) is 0.429. The van der Waals surface area contributed by atoms with Crippen molar-refractivity contribution in [1.29, 1.82) is 0 Å². The van der Waals surface area contributed by atoms with E-state index in [0.717, 1.165) is 0 Å². The van der Waals surface area contributed by atoms with Crippen molar-refractivity contribution in [2.24, 2.45) is 15.7 Å². The summed E-state index contributed by atoms with van der Waals surface area (Å²) >= 11 is 0. The zero-order valence-electron chi connectivity index (χ0n) is 6.75. The summed E-state index contributed by atoms with van der Waals surface area (Å²) in [7, 11) is 1.67. The molecule has 0 saturated carbocycles. The predicted molar refractivity (Wildman–Crippen MR) is 49.1 cm³/mol. The summed E-state index contributed by atoms with van der Waals surface area (Å²) in [5.74, 6) is 0.579. The third-order valence-corrected chi connectivity index (χ3v) is 0.941. The monoisotopic (exact) mass is 154 g/mol. The summed E-state index contributed by atoms with van der Waals surface area (Å²) in [6, 6.07) is 0. The maximum atomic E-state index is 5.27. The van der Waals surface area contributed by atoms with Crippen LogP contribution in [0.3, 0.4) is 0 Å². The molecule has 0 aliphatic rings. The number of nitrogens with two attached hydrogens (primary N) is 1. The highest BCUT2D eigenvalue weighted by Gasteiger charge is 1.88. The molecule has 0 aromatic rings. The fourth-order valence-corrected chi connectivity index (χ4v) is 0.490. The largest absolute Gasteiger partial charge is 0.353 e. The molecule has 0 aliphatic heterocycles. The predicted octanol–water partition coefficient (Wildman–Crippen LogP) is -0.223. The van der Waals surface area contributed by atoms with Crippen LogP contribution in [-0.2, 0) is 0 Å². The van der Waals surface area contributed by atoms with E-state index in [4.69, 9.17) is 5.73 Å². The van der Waals surface area contributed by atoms with Crippen LogP contribution in [0.5, 0.6) is 0 Å². The van der Waals surface area contributed by atoms with E-state index in [9.17, 15) is 0 Å². The van der Waals surface area contributed by atoms with Gasteiger partial charge in [-0.25, -0.2) is 4.99 Å². The molecule has 62 valence electrons. The lowest BCUT2D eigenvalue weighted by molar-refractivity contribution is 0.867. The number of aliphatic imine (C=N–C) groups is 2. The van der Waals surface area contributed by atoms with Crippen molar-refractivity contribution in [2.75, 3.05) is 20.1 Å². The van der Waals surface area contributed by atoms with Crippen LogP contribution < -0.4 is 11.1 Å². The Morgan fingerprint density at radius 2 is 2.45 bits per heavy atom. The summed E-state index contributed by atoms with van der Waals surface area (Å²) in [5, 5.41) is 2.93. The Morgan fingerprint density at radius 3 is 2.91 bits per heavy atom. The van der Waals surface area contributed by atoms with Crippen molar-refractivity contribution in [3.8, 4) is 0 Å². The van der Waals surface area contributed by atoms with Gasteiger partial charge in [0.05, 0.1) is 0 Å². The van der Waals surface area contributed by atoms with Gasteiger partial charge in [0, 0.05) is 26.4 Å². The van der Waals surface area contributed by atoms with Crippen LogP contribution in [-0.4, -0.2) is 32.3 Å². The molecule has 11 heavy (non-hydrogen) atoms. The Bertz CT molecular complexity index is 160. The van der Waals surface area contributed by atoms with Gasteiger partial charge in [0.25, 0.3) is 0 Å². The van der Waals surface area contributed by atoms with Crippen LogP contribution in [0.2, 0.25) is 0 Å². The molecule has 0 unspecified atom stereocenters. The molecule has 0 atom stereocenters. The van der Waals surface area contributed by atoms with Gasteiger partial charge < -0.3 is 11.1 Å². The number of nitrogens with zero attached hydrogens (tertiary/aromatic N) is 2. The number of rotatable bonds is 3. The standard InChI is InChI=1S/C7H14N4/c1-3-5-10-7(9-2)11-6-4-8/h3,5H,1,4,6,8H2,2H3,(H,9,11)/b10-5-. The molecule has 4 heteroatoms. The Kier molecular flexibility index (Phi) is 6.22. The first-order chi connectivity index (χ1) is 5.35. The van der Waals surface area contributed by atoms with E-state index in [1.54, 1.807) is 19.3 Å². The van der Waals surface area contributed by atoms with Gasteiger partial charge in [-0.2, -0.15) is 0 Å². The van der Waals surface area contributed by atoms with E-state index in [1.807, 2.05) is 0 Å². The van der Waals surface area contributed by atoms with Gasteiger partial charge in [0.1, 0.15) is 0 Å². The average Bonchev–Trinajstić information content (AvgIpc) is 2.05. The van der Waals surface area contributed by atoms with Crippen LogP contribution in [0.4, 0.5) is 0 Å². The van der Waals surface area contributed by atoms with Crippen molar-refractivity contribution >= 4 is 12.2 Å². The second kappa shape index (κ2) is 6.95. The first-order valence-corrected chi connectivity index (χ1v) is 3.41. The molecule has 0 spiro atoms. The van der Waals surface area contributed by atoms with Gasteiger partial charge in [0.2, 0.25) is 5.96 Å². The van der Waals surface area contributed by atoms with E-state index < -0.39 is 0 Å². The van der Waals surface area contributed by atoms with Crippen molar-refractivity contribution in [3.63, 3.8) is 0 Å². The van der Waals surface area contributed by atoms with Crippen molar-refractivity contribution in [3.05, 3.63) is 12.7 Å². The maximum Gasteiger partial charge on any atom is 0.217 e. The summed E-state index contributed by atoms with van der Waals surface area (Å²) < 4.78 is 0. The normalized spacial score (nSPS) is 12.0. The quantitative estimate of drug-likeness (QED) is 0.436. The maximum absolute atomic E-state index is 5.27. The zero-order chi connectivity index (χ0) is 8.53. The zero-order valence-corrected chi connectivity index (χ0v) is 6.75. The summed E-state index contributed by atoms with van der Waals surface area (Å²) in [6.45, 7) is 4.74. The number of allylic oxidation sites excluding steroid dienone is 1. The first-order valence-electron chi connectivity index (χ1n) is 3.41. The molecule has 0 heterocycles. The van der Waals surface area contributed by atoms with E-state index in [2.05, 4.69) is 21.9 Å². The summed E-state index contributed by atoms with van der Waals surface area (Å²) in [5.41, 5.74) is 5.27. The lowest BCUT2D eigenvalue weighted by Gasteiger charge is -2.00. The van der Waals surface area contributed by atoms with Crippen molar-refractivity contribution < 1.29 is 0 Å². The van der Waals surface area contributed by atoms with Gasteiger partial charge >= 0.3 is 0 Å². The molecule has 0 radical (unpaired) electrons. The highest BCUT2D eigenvalue weighted by molar-refractivity contribution is 5.90. The molecule has 0 saturated heterocycles. The van der Waals surface area contributed by atoms with Gasteiger partial charge in [-0.3, -0.25) is 4.99 Å². The van der Waals surface area contributed by atoms with E-state index in [0.29, 0.717) is 19.0 Å². The minimum atomic E-state index is 0.572. The molecule has 0 fully saturated rings. The lowest BCUT2D eigenvalue weighted by atomic mass is 10.6. The third kappa shape index (κ3) is 5.29. The molecule has 0 amide bonds. The van der Waals surface area contributed by atoms with Crippen LogP contribution in [0, 0.1) is 0 Å². The Labute approximate surface area is 66.9 Å². The van der Waals surface area contributed by atoms with Gasteiger partial charge in [0.15, 0.2) is 0 Å². The molecule has 0 aliphatic carbocycles. The van der Waals surface area contributed by atoms with E-state index in [-0.39, 0.29) is 0 Å². The number of hydrogen-bond acceptors (Lipinski definition) is 2. The van der Waals surface area contributed by atoms with Crippen LogP contribution in [0.25, 0.3) is 0 Å². The van der Waals surface area contributed by atoms with Gasteiger partial charge in [-0.1, -0.05) is 12.7 Å². The minimum absolute atomic E-state index is 0.572. The van der Waals surface area contributed by atoms with Gasteiger partial charge in [-0.05, 0) is 0 Å². The van der Waals surface area contributed by atoms with Crippen LogP contribution >= 0.6 is 0 Å². The number of hydrogen-bond donors (Lipinski definition) is 2. The van der Waals surface area contributed by atoms with Crippen molar-refractivity contribution in [2.45, 2.75) is 0 Å². The van der Waals surface area contributed by atoms with Crippen LogP contribution in [0.1, 0.15) is 0 Å². The molecule has 0 rings (SSSR count). The topological polar surface area (TPSA) is 62.8 Å². The molecule has 0 aromatic carbocycles. The molecule has 3 N–H and O–H groups in total. The van der Waals surface area contributed by atoms with Gasteiger partial charge in [-0.15, -0.1) is 0 Å². The molecule has 0 aromatic heterocycles. The smallest absolute Gasteiger partial charge is 0.217 e. The number of nitrogens with one attached hydrogen (secondary N) is 1. The van der Waals surface area contributed by atoms with Crippen LogP contribution in [0.15, 0.2) is 22.6 Å². The fourth-order valence-electron chi connectivity index (χ4n) is 0.490.